The lowest BCUT2D eigenvalue weighted by Gasteiger charge is -2.49. The molecule has 0 spiro atoms. The van der Waals surface area contributed by atoms with Gasteiger partial charge >= 0.3 is 0 Å². The highest BCUT2D eigenvalue weighted by molar-refractivity contribution is 7.88. The quantitative estimate of drug-likeness (QED) is 0.120. The molecule has 5 atom stereocenters. The largest absolute Gasteiger partial charge is 0.370 e. The lowest BCUT2D eigenvalue weighted by molar-refractivity contribution is -0.149. The van der Waals surface area contributed by atoms with Crippen molar-refractivity contribution in [2.75, 3.05) is 19.3 Å². The molecule has 0 saturated carbocycles. The lowest BCUT2D eigenvalue weighted by Crippen LogP contribution is -2.69. The summed E-state index contributed by atoms with van der Waals surface area (Å²) in [6.07, 6.45) is 2.02. The van der Waals surface area contributed by atoms with Crippen molar-refractivity contribution < 1.29 is 18.0 Å². The van der Waals surface area contributed by atoms with Gasteiger partial charge in [0.1, 0.15) is 6.04 Å². The minimum Gasteiger partial charge on any atom is -0.370 e. The third-order valence-corrected chi connectivity index (χ3v) is 9.80. The number of fused-ring (bicyclic) bond motifs is 2. The Hall–Kier alpha value is -4.52. The SMILES string of the molecule is CC[C@H](NC(=N)N)C1CN(C(=O)C(Cc2ccc3ccccc3c2)NS(C)(=O)=O)C(C)CN1C(=O)C(N)Cc1ccc2ccccc2c1. The minimum absolute atomic E-state index is 0.104. The van der Waals surface area contributed by atoms with Crippen molar-refractivity contribution in [1.29, 1.82) is 5.41 Å². The summed E-state index contributed by atoms with van der Waals surface area (Å²) in [5.74, 6) is -0.909. The summed E-state index contributed by atoms with van der Waals surface area (Å²) >= 11 is 0. The van der Waals surface area contributed by atoms with Crippen LogP contribution in [0.25, 0.3) is 21.5 Å². The Morgan fingerprint density at radius 2 is 1.40 bits per heavy atom. The Kier molecular flexibility index (Phi) is 10.7. The predicted molar refractivity (Wildman–Crippen MR) is 191 cm³/mol. The van der Waals surface area contributed by atoms with Gasteiger partial charge in [0.2, 0.25) is 21.8 Å². The Balaban J connectivity index is 1.40. The van der Waals surface area contributed by atoms with Gasteiger partial charge < -0.3 is 26.6 Å². The molecule has 48 heavy (non-hydrogen) atoms. The van der Waals surface area contributed by atoms with Gasteiger partial charge in [-0.05, 0) is 58.9 Å². The van der Waals surface area contributed by atoms with E-state index in [4.69, 9.17) is 16.9 Å². The van der Waals surface area contributed by atoms with Crippen LogP contribution in [0.15, 0.2) is 84.9 Å². The molecule has 1 aliphatic rings. The number of piperazine rings is 1. The van der Waals surface area contributed by atoms with E-state index in [1.807, 2.05) is 98.8 Å². The zero-order valence-corrected chi connectivity index (χ0v) is 28.4. The van der Waals surface area contributed by atoms with Crippen LogP contribution in [0, 0.1) is 5.41 Å². The maximum atomic E-state index is 14.3. The molecular formula is C36H45N7O4S. The molecule has 0 aromatic heterocycles. The standard InChI is InChI=1S/C36H45N7O4S/c1-4-31(40-36(38)39)33-22-42(35(45)32(41-48(3,46)47)20-25-14-16-27-10-6-8-12-29(27)18-25)23(2)21-43(33)34(44)30(37)19-24-13-15-26-9-5-7-11-28(26)17-24/h5-18,23,30-33,41H,4,19-22,37H2,1-3H3,(H4,38,39,40)/t23?,30?,31-,32?,33?/m0/s1. The van der Waals surface area contributed by atoms with E-state index >= 15 is 0 Å². The average Bonchev–Trinajstić information content (AvgIpc) is 3.05. The Morgan fingerprint density at radius 3 is 1.92 bits per heavy atom. The number of nitrogens with zero attached hydrogens (tertiary/aromatic N) is 2. The van der Waals surface area contributed by atoms with Gasteiger partial charge in [-0.1, -0.05) is 91.9 Å². The topological polar surface area (TPSA) is 175 Å². The van der Waals surface area contributed by atoms with Crippen LogP contribution in [-0.4, -0.2) is 85.5 Å². The molecule has 12 heteroatoms. The summed E-state index contributed by atoms with van der Waals surface area (Å²) in [5.41, 5.74) is 14.1. The van der Waals surface area contributed by atoms with E-state index in [0.29, 0.717) is 12.8 Å². The summed E-state index contributed by atoms with van der Waals surface area (Å²) in [6.45, 7) is 4.04. The van der Waals surface area contributed by atoms with Crippen LogP contribution in [0.2, 0.25) is 0 Å². The second-order valence-corrected chi connectivity index (χ2v) is 14.6. The third-order valence-electron chi connectivity index (χ3n) is 9.08. The van der Waals surface area contributed by atoms with E-state index in [-0.39, 0.29) is 31.4 Å². The normalized spacial score (nSPS) is 18.8. The second-order valence-electron chi connectivity index (χ2n) is 12.8. The van der Waals surface area contributed by atoms with E-state index in [1.54, 1.807) is 9.80 Å². The average molecular weight is 672 g/mol. The van der Waals surface area contributed by atoms with Crippen molar-refractivity contribution in [2.45, 2.75) is 63.3 Å². The first kappa shape index (κ1) is 34.8. The van der Waals surface area contributed by atoms with Crippen LogP contribution >= 0.6 is 0 Å². The fourth-order valence-electron chi connectivity index (χ4n) is 6.73. The molecule has 1 heterocycles. The van der Waals surface area contributed by atoms with Gasteiger partial charge in [0.25, 0.3) is 0 Å². The molecule has 254 valence electrons. The molecule has 0 radical (unpaired) electrons. The van der Waals surface area contributed by atoms with Crippen LogP contribution in [0.4, 0.5) is 0 Å². The molecule has 7 N–H and O–H groups in total. The summed E-state index contributed by atoms with van der Waals surface area (Å²) in [4.78, 5) is 31.7. The van der Waals surface area contributed by atoms with Gasteiger partial charge in [-0.3, -0.25) is 15.0 Å². The lowest BCUT2D eigenvalue weighted by atomic mass is 9.94. The third kappa shape index (κ3) is 8.30. The molecule has 5 rings (SSSR count). The van der Waals surface area contributed by atoms with Gasteiger partial charge in [0.05, 0.1) is 24.4 Å². The van der Waals surface area contributed by atoms with Crippen molar-refractivity contribution in [3.8, 4) is 0 Å². The van der Waals surface area contributed by atoms with Gasteiger partial charge in [0, 0.05) is 19.1 Å². The number of guanidine groups is 1. The summed E-state index contributed by atoms with van der Waals surface area (Å²) in [5, 5.41) is 15.1. The molecule has 1 aliphatic heterocycles. The molecule has 1 saturated heterocycles. The minimum atomic E-state index is -3.75. The first-order valence-electron chi connectivity index (χ1n) is 16.2. The van der Waals surface area contributed by atoms with Crippen LogP contribution in [0.1, 0.15) is 31.4 Å². The Labute approximate surface area is 282 Å². The van der Waals surface area contributed by atoms with Crippen molar-refractivity contribution in [2.24, 2.45) is 11.5 Å². The maximum absolute atomic E-state index is 14.3. The summed E-state index contributed by atoms with van der Waals surface area (Å²) in [6, 6.07) is 24.3. The Morgan fingerprint density at radius 1 is 0.854 bits per heavy atom. The molecular weight excluding hydrogens is 627 g/mol. The number of nitrogens with two attached hydrogens (primary N) is 2. The predicted octanol–water partition coefficient (Wildman–Crippen LogP) is 2.71. The number of hydrogen-bond donors (Lipinski definition) is 5. The fourth-order valence-corrected chi connectivity index (χ4v) is 7.43. The highest BCUT2D eigenvalue weighted by atomic mass is 32.2. The van der Waals surface area contributed by atoms with Crippen LogP contribution < -0.4 is 21.5 Å². The van der Waals surface area contributed by atoms with Gasteiger partial charge in [0.15, 0.2) is 5.96 Å². The van der Waals surface area contributed by atoms with E-state index in [9.17, 15) is 18.0 Å². The second kappa shape index (κ2) is 14.7. The molecule has 2 amide bonds. The van der Waals surface area contributed by atoms with Crippen LogP contribution in [0.5, 0.6) is 0 Å². The number of carbonyl (C=O) groups is 2. The molecule has 1 fully saturated rings. The van der Waals surface area contributed by atoms with Crippen molar-refractivity contribution in [1.82, 2.24) is 19.8 Å². The van der Waals surface area contributed by atoms with Gasteiger partial charge in [-0.2, -0.15) is 0 Å². The van der Waals surface area contributed by atoms with E-state index < -0.39 is 46.1 Å². The van der Waals surface area contributed by atoms with Crippen molar-refractivity contribution in [3.63, 3.8) is 0 Å². The number of rotatable bonds is 11. The summed E-state index contributed by atoms with van der Waals surface area (Å²) < 4.78 is 27.6. The van der Waals surface area contributed by atoms with E-state index in [1.165, 1.54) is 0 Å². The highest BCUT2D eigenvalue weighted by Crippen LogP contribution is 2.24. The number of carbonyl (C=O) groups excluding carboxylic acids is 2. The zero-order valence-electron chi connectivity index (χ0n) is 27.6. The monoisotopic (exact) mass is 671 g/mol. The maximum Gasteiger partial charge on any atom is 0.241 e. The summed E-state index contributed by atoms with van der Waals surface area (Å²) in [7, 11) is -3.75. The van der Waals surface area contributed by atoms with E-state index in [0.717, 1.165) is 38.9 Å². The number of benzene rings is 4. The first-order chi connectivity index (χ1) is 22.8. The fraction of sp³-hybridized carbons (Fsp3) is 0.361. The zero-order chi connectivity index (χ0) is 34.6. The molecule has 4 aromatic carbocycles. The Bertz CT molecular complexity index is 1920. The number of amides is 2. The molecule has 4 unspecified atom stereocenters. The smallest absolute Gasteiger partial charge is 0.241 e. The molecule has 4 aromatic rings. The molecule has 0 aliphatic carbocycles. The van der Waals surface area contributed by atoms with E-state index in [2.05, 4.69) is 10.0 Å². The van der Waals surface area contributed by atoms with Crippen molar-refractivity contribution in [3.05, 3.63) is 96.1 Å². The van der Waals surface area contributed by atoms with Gasteiger partial charge in [-0.25, -0.2) is 13.1 Å². The number of hydrogen-bond acceptors (Lipinski definition) is 6. The molecule has 11 nitrogen and oxygen atoms in total. The van der Waals surface area contributed by atoms with Crippen LogP contribution in [0.3, 0.4) is 0 Å². The number of nitrogens with one attached hydrogen (secondary N) is 3. The highest BCUT2D eigenvalue weighted by Gasteiger charge is 2.43. The number of sulfonamides is 1. The van der Waals surface area contributed by atoms with Crippen molar-refractivity contribution >= 4 is 49.3 Å². The van der Waals surface area contributed by atoms with Gasteiger partial charge in [-0.15, -0.1) is 0 Å². The first-order valence-corrected chi connectivity index (χ1v) is 18.1. The molecule has 0 bridgehead atoms. The van der Waals surface area contributed by atoms with Crippen LogP contribution in [-0.2, 0) is 32.5 Å².